The zero-order valence-corrected chi connectivity index (χ0v) is 12.9. The second-order valence-electron chi connectivity index (χ2n) is 4.20. The van der Waals surface area contributed by atoms with E-state index in [4.69, 9.17) is 39.1 Å². The summed E-state index contributed by atoms with van der Waals surface area (Å²) in [5.41, 5.74) is 0. The van der Waals surface area contributed by atoms with Crippen molar-refractivity contribution < 1.29 is 19.1 Å². The van der Waals surface area contributed by atoms with E-state index in [0.717, 1.165) is 0 Å². The summed E-state index contributed by atoms with van der Waals surface area (Å²) in [6.07, 6.45) is 4.95. The third-order valence-corrected chi connectivity index (χ3v) is 2.97. The van der Waals surface area contributed by atoms with Crippen LogP contribution in [0.4, 0.5) is 0 Å². The van der Waals surface area contributed by atoms with Gasteiger partial charge in [0.1, 0.15) is 0 Å². The molecule has 0 radical (unpaired) electrons. The Hall–Kier alpha value is -1.70. The first-order valence-electron chi connectivity index (χ1n) is 6.23. The number of esters is 2. The molecule has 0 aliphatic rings. The molecule has 0 saturated carbocycles. The van der Waals surface area contributed by atoms with E-state index in [1.165, 1.54) is 12.1 Å². The molecule has 4 nitrogen and oxygen atoms in total. The Morgan fingerprint density at radius 1 is 1.29 bits per heavy atom. The molecule has 6 heteroatoms. The van der Waals surface area contributed by atoms with Crippen molar-refractivity contribution in [2.45, 2.75) is 32.3 Å². The number of carbonyl (C=O) groups is 2. The zero-order valence-electron chi connectivity index (χ0n) is 11.4. The van der Waals surface area contributed by atoms with Gasteiger partial charge in [-0.2, -0.15) is 0 Å². The molecule has 0 aromatic heterocycles. The number of carbonyl (C=O) groups excluding carboxylic acids is 2. The second kappa shape index (κ2) is 8.56. The molecule has 0 amide bonds. The highest BCUT2D eigenvalue weighted by Crippen LogP contribution is 2.28. The van der Waals surface area contributed by atoms with E-state index in [2.05, 4.69) is 5.92 Å². The molecular weight excluding hydrogens is 315 g/mol. The predicted molar refractivity (Wildman–Crippen MR) is 80.3 cm³/mol. The lowest BCUT2D eigenvalue weighted by Crippen LogP contribution is -2.14. The van der Waals surface area contributed by atoms with Gasteiger partial charge in [-0.1, -0.05) is 29.1 Å². The Bertz CT molecular complexity index is 563. The molecule has 0 aliphatic heterocycles. The molecule has 21 heavy (non-hydrogen) atoms. The van der Waals surface area contributed by atoms with E-state index in [-0.39, 0.29) is 23.6 Å². The summed E-state index contributed by atoms with van der Waals surface area (Å²) in [7, 11) is 0. The lowest BCUT2D eigenvalue weighted by atomic mass is 10.2. The molecule has 1 rings (SSSR count). The highest BCUT2D eigenvalue weighted by Gasteiger charge is 2.12. The van der Waals surface area contributed by atoms with Crippen LogP contribution >= 0.6 is 23.2 Å². The Morgan fingerprint density at radius 2 is 1.95 bits per heavy atom. The fourth-order valence-electron chi connectivity index (χ4n) is 1.40. The van der Waals surface area contributed by atoms with Gasteiger partial charge in [-0.3, -0.25) is 9.59 Å². The number of hydrogen-bond donors (Lipinski definition) is 0. The van der Waals surface area contributed by atoms with Gasteiger partial charge in [0.05, 0.1) is 5.02 Å². The first-order valence-corrected chi connectivity index (χ1v) is 6.99. The normalized spacial score (nSPS) is 11.3. The van der Waals surface area contributed by atoms with Gasteiger partial charge in [0.15, 0.2) is 11.9 Å². The number of rotatable bonds is 6. The Morgan fingerprint density at radius 3 is 2.62 bits per heavy atom. The van der Waals surface area contributed by atoms with Crippen LogP contribution in [0.5, 0.6) is 5.75 Å². The molecule has 0 spiro atoms. The average Bonchev–Trinajstić information content (AvgIpc) is 2.42. The first kappa shape index (κ1) is 17.4. The quantitative estimate of drug-likeness (QED) is 0.454. The van der Waals surface area contributed by atoms with Crippen LogP contribution in [0.1, 0.15) is 26.2 Å². The largest absolute Gasteiger partial charge is 0.449 e. The number of halogens is 2. The van der Waals surface area contributed by atoms with E-state index in [0.29, 0.717) is 11.4 Å². The molecule has 0 heterocycles. The second-order valence-corrected chi connectivity index (χ2v) is 5.04. The van der Waals surface area contributed by atoms with Crippen molar-refractivity contribution in [3.63, 3.8) is 0 Å². The van der Waals surface area contributed by atoms with Gasteiger partial charge in [-0.05, 0) is 25.5 Å². The maximum atomic E-state index is 11.6. The minimum atomic E-state index is -0.574. The summed E-state index contributed by atoms with van der Waals surface area (Å²) in [6.45, 7) is 1.59. The molecule has 0 N–H and O–H groups in total. The van der Waals surface area contributed by atoms with E-state index in [1.54, 1.807) is 13.0 Å². The summed E-state index contributed by atoms with van der Waals surface area (Å²) in [6, 6.07) is 4.57. The van der Waals surface area contributed by atoms with Gasteiger partial charge in [0.25, 0.3) is 0 Å². The standard InChI is InChI=1S/C15H14Cl2O4/c1-3-10(2)20-14(18)5-4-6-15(19)21-13-9-11(16)7-8-12(13)17/h1,7-10H,4-6H2,2H3. The highest BCUT2D eigenvalue weighted by molar-refractivity contribution is 6.34. The van der Waals surface area contributed by atoms with Crippen LogP contribution in [-0.2, 0) is 14.3 Å². The molecule has 0 saturated heterocycles. The maximum absolute atomic E-state index is 11.6. The fraction of sp³-hybridized carbons (Fsp3) is 0.333. The van der Waals surface area contributed by atoms with E-state index in [1.807, 2.05) is 0 Å². The van der Waals surface area contributed by atoms with Crippen molar-refractivity contribution in [2.24, 2.45) is 0 Å². The number of benzene rings is 1. The average molecular weight is 329 g/mol. The van der Waals surface area contributed by atoms with Crippen molar-refractivity contribution in [3.8, 4) is 18.1 Å². The summed E-state index contributed by atoms with van der Waals surface area (Å²) >= 11 is 11.7. The molecule has 0 bridgehead atoms. The third-order valence-electron chi connectivity index (χ3n) is 2.42. The molecule has 0 fully saturated rings. The van der Waals surface area contributed by atoms with Crippen LogP contribution in [0.2, 0.25) is 10.0 Å². The molecule has 1 atom stereocenters. The SMILES string of the molecule is C#CC(C)OC(=O)CCCC(=O)Oc1cc(Cl)ccc1Cl. The Balaban J connectivity index is 2.36. The first-order chi connectivity index (χ1) is 9.92. The van der Waals surface area contributed by atoms with E-state index in [9.17, 15) is 9.59 Å². The van der Waals surface area contributed by atoms with Crippen molar-refractivity contribution in [1.82, 2.24) is 0 Å². The molecule has 0 aliphatic carbocycles. The van der Waals surface area contributed by atoms with Crippen molar-refractivity contribution in [2.75, 3.05) is 0 Å². The summed E-state index contributed by atoms with van der Waals surface area (Å²) in [4.78, 5) is 23.0. The van der Waals surface area contributed by atoms with Crippen molar-refractivity contribution in [3.05, 3.63) is 28.2 Å². The van der Waals surface area contributed by atoms with Crippen LogP contribution in [-0.4, -0.2) is 18.0 Å². The van der Waals surface area contributed by atoms with Crippen LogP contribution in [0.25, 0.3) is 0 Å². The van der Waals surface area contributed by atoms with Crippen molar-refractivity contribution in [1.29, 1.82) is 0 Å². The Kier molecular flexibility index (Phi) is 7.07. The zero-order chi connectivity index (χ0) is 15.8. The molecule has 1 unspecified atom stereocenters. The maximum Gasteiger partial charge on any atom is 0.311 e. The van der Waals surface area contributed by atoms with Gasteiger partial charge >= 0.3 is 11.9 Å². The summed E-state index contributed by atoms with van der Waals surface area (Å²) < 4.78 is 9.94. The highest BCUT2D eigenvalue weighted by atomic mass is 35.5. The monoisotopic (exact) mass is 328 g/mol. The molecule has 1 aromatic rings. The molecule has 1 aromatic carbocycles. The predicted octanol–water partition coefficient (Wildman–Crippen LogP) is 3.63. The van der Waals surface area contributed by atoms with Crippen molar-refractivity contribution >= 4 is 35.1 Å². The van der Waals surface area contributed by atoms with Crippen LogP contribution in [0.15, 0.2) is 18.2 Å². The number of hydrogen-bond acceptors (Lipinski definition) is 4. The summed E-state index contributed by atoms with van der Waals surface area (Å²) in [5.74, 6) is 1.52. The van der Waals surface area contributed by atoms with Gasteiger partial charge in [0, 0.05) is 23.9 Å². The van der Waals surface area contributed by atoms with Crippen LogP contribution in [0.3, 0.4) is 0 Å². The number of terminal acetylenes is 1. The van der Waals surface area contributed by atoms with Crippen LogP contribution in [0, 0.1) is 12.3 Å². The molecule has 112 valence electrons. The van der Waals surface area contributed by atoms with Gasteiger partial charge in [-0.25, -0.2) is 0 Å². The lowest BCUT2D eigenvalue weighted by molar-refractivity contribution is -0.146. The van der Waals surface area contributed by atoms with Gasteiger partial charge in [-0.15, -0.1) is 6.42 Å². The third kappa shape index (κ3) is 6.52. The van der Waals surface area contributed by atoms with Gasteiger partial charge in [0.2, 0.25) is 0 Å². The topological polar surface area (TPSA) is 52.6 Å². The smallest absolute Gasteiger partial charge is 0.311 e. The minimum absolute atomic E-state index is 0.0579. The van der Waals surface area contributed by atoms with E-state index < -0.39 is 18.0 Å². The minimum Gasteiger partial charge on any atom is -0.449 e. The molecular formula is C15H14Cl2O4. The lowest BCUT2D eigenvalue weighted by Gasteiger charge is -2.08. The summed E-state index contributed by atoms with van der Waals surface area (Å²) in [5, 5.41) is 0.698. The Labute approximate surface area is 133 Å². The fourth-order valence-corrected chi connectivity index (χ4v) is 1.71. The van der Waals surface area contributed by atoms with Gasteiger partial charge < -0.3 is 9.47 Å². The van der Waals surface area contributed by atoms with E-state index >= 15 is 0 Å². The van der Waals surface area contributed by atoms with Crippen LogP contribution < -0.4 is 4.74 Å². The number of ether oxygens (including phenoxy) is 2.